The monoisotopic (exact) mass is 512 g/mol. The molecule has 0 bridgehead atoms. The zero-order valence-corrected chi connectivity index (χ0v) is 20.8. The van der Waals surface area contributed by atoms with Crippen LogP contribution in [0.5, 0.6) is 0 Å². The van der Waals surface area contributed by atoms with E-state index in [0.29, 0.717) is 5.82 Å². The molecule has 1 aliphatic carbocycles. The van der Waals surface area contributed by atoms with Crippen LogP contribution in [0, 0.1) is 23.2 Å². The maximum atomic E-state index is 13.1. The molecule has 0 aromatic carbocycles. The van der Waals surface area contributed by atoms with Crippen LogP contribution in [0.3, 0.4) is 0 Å². The molecular formula is C25H24N10O3. The zero-order valence-electron chi connectivity index (χ0n) is 20.8. The second-order valence-electron chi connectivity index (χ2n) is 9.71. The molecule has 1 aliphatic heterocycles. The molecule has 3 unspecified atom stereocenters. The van der Waals surface area contributed by atoms with Crippen LogP contribution < -0.4 is 21.5 Å². The van der Waals surface area contributed by atoms with Crippen molar-refractivity contribution >= 4 is 28.7 Å². The molecule has 0 radical (unpaired) electrons. The number of amides is 1. The van der Waals surface area contributed by atoms with Crippen LogP contribution in [0.15, 0.2) is 46.5 Å². The highest BCUT2D eigenvalue weighted by molar-refractivity contribution is 5.93. The number of carbonyl (C=O) groups excluding carboxylic acids is 1. The van der Waals surface area contributed by atoms with Crippen LogP contribution >= 0.6 is 0 Å². The summed E-state index contributed by atoms with van der Waals surface area (Å²) < 4.78 is 3.37. The first kappa shape index (κ1) is 23.5. The van der Waals surface area contributed by atoms with Gasteiger partial charge in [-0.2, -0.15) is 5.26 Å². The molecule has 1 N–H and O–H groups in total. The molecule has 2 aliphatic rings. The summed E-state index contributed by atoms with van der Waals surface area (Å²) in [7, 11) is 1.46. The predicted octanol–water partition coefficient (Wildman–Crippen LogP) is 0.928. The second-order valence-corrected chi connectivity index (χ2v) is 9.71. The maximum Gasteiger partial charge on any atom is 0.333 e. The molecule has 4 aromatic rings. The predicted molar refractivity (Wildman–Crippen MR) is 137 cm³/mol. The topological polar surface area (TPSA) is 157 Å². The van der Waals surface area contributed by atoms with E-state index in [1.54, 1.807) is 25.4 Å². The van der Waals surface area contributed by atoms with Crippen LogP contribution in [0.4, 0.5) is 11.6 Å². The van der Waals surface area contributed by atoms with Gasteiger partial charge in [0.1, 0.15) is 24.2 Å². The Hall–Kier alpha value is -4.86. The van der Waals surface area contributed by atoms with Gasteiger partial charge >= 0.3 is 5.69 Å². The van der Waals surface area contributed by atoms with Crippen molar-refractivity contribution in [1.82, 2.24) is 33.6 Å². The van der Waals surface area contributed by atoms with Crippen LogP contribution in [0.2, 0.25) is 0 Å². The number of aromatic nitrogens is 7. The Balaban J connectivity index is 1.23. The van der Waals surface area contributed by atoms with Crippen molar-refractivity contribution in [2.45, 2.75) is 25.9 Å². The molecule has 2 fully saturated rings. The lowest BCUT2D eigenvalue weighted by Crippen LogP contribution is -2.40. The summed E-state index contributed by atoms with van der Waals surface area (Å²) in [6.07, 6.45) is 5.94. The fraction of sp³-hybridized carbons (Fsp3) is 0.360. The quantitative estimate of drug-likeness (QED) is 0.397. The van der Waals surface area contributed by atoms with Crippen molar-refractivity contribution in [1.29, 1.82) is 5.26 Å². The highest BCUT2D eigenvalue weighted by atomic mass is 16.2. The van der Waals surface area contributed by atoms with Crippen molar-refractivity contribution < 1.29 is 4.79 Å². The lowest BCUT2D eigenvalue weighted by atomic mass is 10.2. The van der Waals surface area contributed by atoms with Gasteiger partial charge in [-0.1, -0.05) is 0 Å². The smallest absolute Gasteiger partial charge is 0.333 e. The van der Waals surface area contributed by atoms with Crippen LogP contribution in [-0.2, 0) is 18.4 Å². The number of carbonyl (C=O) groups is 1. The number of pyridine rings is 1. The molecule has 38 heavy (non-hydrogen) atoms. The maximum absolute atomic E-state index is 13.1. The van der Waals surface area contributed by atoms with Gasteiger partial charge in [-0.05, 0) is 43.4 Å². The molecule has 3 atom stereocenters. The minimum atomic E-state index is -0.869. The van der Waals surface area contributed by atoms with Crippen molar-refractivity contribution in [2.24, 2.45) is 18.9 Å². The number of aryl methyl sites for hydroxylation is 1. The van der Waals surface area contributed by atoms with Crippen LogP contribution in [0.25, 0.3) is 22.6 Å². The normalized spacial score (nSPS) is 18.7. The molecule has 1 amide bonds. The zero-order chi connectivity index (χ0) is 26.6. The van der Waals surface area contributed by atoms with E-state index in [-0.39, 0.29) is 17.0 Å². The number of nitriles is 1. The summed E-state index contributed by atoms with van der Waals surface area (Å²) in [6.45, 7) is 3.30. The van der Waals surface area contributed by atoms with Crippen molar-refractivity contribution in [3.63, 3.8) is 0 Å². The first-order chi connectivity index (χ1) is 18.4. The highest BCUT2D eigenvalue weighted by Gasteiger charge is 2.45. The molecule has 0 spiro atoms. The van der Waals surface area contributed by atoms with Gasteiger partial charge < -0.3 is 14.8 Å². The lowest BCUT2D eigenvalue weighted by molar-refractivity contribution is -0.118. The van der Waals surface area contributed by atoms with E-state index in [2.05, 4.69) is 30.2 Å². The Morgan fingerprint density at radius 1 is 1.18 bits per heavy atom. The highest BCUT2D eigenvalue weighted by Crippen LogP contribution is 2.45. The van der Waals surface area contributed by atoms with E-state index >= 15 is 0 Å². The Morgan fingerprint density at radius 3 is 2.68 bits per heavy atom. The van der Waals surface area contributed by atoms with Crippen LogP contribution in [-0.4, -0.2) is 52.6 Å². The fourth-order valence-electron chi connectivity index (χ4n) is 5.01. The van der Waals surface area contributed by atoms with Gasteiger partial charge in [0.15, 0.2) is 17.0 Å². The largest absolute Gasteiger partial charge is 0.356 e. The number of fused-ring (bicyclic) bond motifs is 2. The molecule has 5 heterocycles. The third-order valence-electron chi connectivity index (χ3n) is 7.30. The summed E-state index contributed by atoms with van der Waals surface area (Å²) in [6, 6.07) is 6.40. The summed E-state index contributed by atoms with van der Waals surface area (Å²) in [4.78, 5) is 58.4. The first-order valence-electron chi connectivity index (χ1n) is 12.2. The Bertz CT molecular complexity index is 1720. The molecule has 192 valence electrons. The third-order valence-corrected chi connectivity index (χ3v) is 7.30. The Kier molecular flexibility index (Phi) is 5.52. The molecule has 1 saturated heterocycles. The van der Waals surface area contributed by atoms with Gasteiger partial charge in [0, 0.05) is 38.1 Å². The van der Waals surface area contributed by atoms with E-state index in [0.717, 1.165) is 40.9 Å². The third kappa shape index (κ3) is 3.90. The lowest BCUT2D eigenvalue weighted by Gasteiger charge is -2.18. The van der Waals surface area contributed by atoms with E-state index < -0.39 is 29.7 Å². The number of hydrogen-bond acceptors (Lipinski definition) is 9. The second kappa shape index (κ2) is 8.91. The van der Waals surface area contributed by atoms with Gasteiger partial charge in [-0.3, -0.25) is 14.2 Å². The number of hydrogen-bond donors (Lipinski definition) is 1. The average molecular weight is 513 g/mol. The number of anilines is 2. The number of nitrogens with one attached hydrogen (secondary N) is 1. The molecule has 13 nitrogen and oxygen atoms in total. The number of rotatable bonds is 6. The fourth-order valence-corrected chi connectivity index (χ4v) is 5.01. The minimum absolute atomic E-state index is 0.0508. The number of imidazole rings is 1. The minimum Gasteiger partial charge on any atom is -0.356 e. The molecule has 4 aromatic heterocycles. The van der Waals surface area contributed by atoms with E-state index in [1.807, 2.05) is 18.2 Å². The SMILES string of the molecule is CC(C(=O)Nc1ccnc(-c2ccc(N3CC4CC4C3)nc2)n1)n1cnc2c1c(=O)n(CC#N)c(=O)n2C. The van der Waals surface area contributed by atoms with Crippen molar-refractivity contribution in [3.8, 4) is 17.5 Å². The van der Waals surface area contributed by atoms with Gasteiger partial charge in [0.05, 0.1) is 12.4 Å². The van der Waals surface area contributed by atoms with E-state index in [1.165, 1.54) is 28.9 Å². The number of nitrogens with zero attached hydrogens (tertiary/aromatic N) is 9. The van der Waals surface area contributed by atoms with E-state index in [9.17, 15) is 14.4 Å². The number of piperidine rings is 1. The van der Waals surface area contributed by atoms with Crippen molar-refractivity contribution in [2.75, 3.05) is 23.3 Å². The first-order valence-corrected chi connectivity index (χ1v) is 12.2. The van der Waals surface area contributed by atoms with Gasteiger partial charge in [-0.25, -0.2) is 29.3 Å². The standard InChI is InChI=1S/C25H24N10O3/c1-14(35-13-29-22-20(35)24(37)34(8-6-26)25(38)32(22)2)23(36)31-18-5-7-27-21(30-18)15-3-4-19(28-10-15)33-11-16-9-17(16)12-33/h3-5,7,10,13-14,16-17H,8-9,11-12H2,1-2H3,(H,27,30,31,36). The summed E-state index contributed by atoms with van der Waals surface area (Å²) in [5.41, 5.74) is -0.441. The summed E-state index contributed by atoms with van der Waals surface area (Å²) in [5.74, 6) is 2.82. The Morgan fingerprint density at radius 2 is 1.97 bits per heavy atom. The van der Waals surface area contributed by atoms with Crippen LogP contribution in [0.1, 0.15) is 19.4 Å². The summed E-state index contributed by atoms with van der Waals surface area (Å²) in [5, 5.41) is 11.8. The molecule has 1 saturated carbocycles. The summed E-state index contributed by atoms with van der Waals surface area (Å²) >= 11 is 0. The van der Waals surface area contributed by atoms with Gasteiger partial charge in [0.25, 0.3) is 5.56 Å². The van der Waals surface area contributed by atoms with E-state index in [4.69, 9.17) is 5.26 Å². The molecule has 13 heteroatoms. The molecular weight excluding hydrogens is 488 g/mol. The Labute approximate surface area is 216 Å². The van der Waals surface area contributed by atoms with Gasteiger partial charge in [0.2, 0.25) is 5.91 Å². The van der Waals surface area contributed by atoms with Crippen molar-refractivity contribution in [3.05, 3.63) is 57.8 Å². The van der Waals surface area contributed by atoms with Gasteiger partial charge in [-0.15, -0.1) is 0 Å². The molecule has 6 rings (SSSR count). The average Bonchev–Trinajstić information content (AvgIpc) is 3.32.